The molecule has 1 rings (SSSR count). The lowest BCUT2D eigenvalue weighted by atomic mass is 10.1. The van der Waals surface area contributed by atoms with Crippen molar-refractivity contribution in [2.45, 2.75) is 0 Å². The topological polar surface area (TPSA) is 84.5 Å². The van der Waals surface area contributed by atoms with Crippen molar-refractivity contribution in [2.75, 3.05) is 19.8 Å². The van der Waals surface area contributed by atoms with Crippen LogP contribution in [-0.4, -0.2) is 24.5 Å². The molecule has 0 heterocycles. The quantitative estimate of drug-likeness (QED) is 0.726. The van der Waals surface area contributed by atoms with Gasteiger partial charge in [0, 0.05) is 19.8 Å². The number of anilines is 1. The molecule has 0 saturated heterocycles. The third-order valence-corrected chi connectivity index (χ3v) is 1.75. The number of benzene rings is 1. The molecule has 0 amide bonds. The maximum atomic E-state index is 8.84. The Kier molecular flexibility index (Phi) is 4.93. The van der Waals surface area contributed by atoms with Crippen molar-refractivity contribution in [2.24, 2.45) is 0 Å². The van der Waals surface area contributed by atoms with Crippen LogP contribution in [-0.2, 0) is 0 Å². The van der Waals surface area contributed by atoms with E-state index in [1.807, 2.05) is 31.3 Å². The Bertz CT molecular complexity index is 391. The predicted octanol–water partition coefficient (Wildman–Crippen LogP) is 0.848. The minimum absolute atomic E-state index is 0. The van der Waals surface area contributed by atoms with E-state index in [0.717, 1.165) is 5.56 Å². The number of rotatable bonds is 2. The number of nitrogens with two attached hydrogens (primary N) is 1. The Morgan fingerprint density at radius 3 is 2.60 bits per heavy atom. The van der Waals surface area contributed by atoms with Gasteiger partial charge >= 0.3 is 0 Å². The number of nitriles is 1. The van der Waals surface area contributed by atoms with Gasteiger partial charge in [-0.05, 0) is 36.0 Å². The number of hydrogen-bond donors (Lipinski definition) is 1. The summed E-state index contributed by atoms with van der Waals surface area (Å²) in [5.41, 5.74) is 7.79. The van der Waals surface area contributed by atoms with E-state index in [-0.39, 0.29) is 5.48 Å². The zero-order valence-electron chi connectivity index (χ0n) is 8.86. The first-order valence-electron chi connectivity index (χ1n) is 4.27. The summed E-state index contributed by atoms with van der Waals surface area (Å²) >= 11 is 0. The monoisotopic (exact) mass is 205 g/mol. The predicted molar refractivity (Wildman–Crippen MR) is 61.9 cm³/mol. The lowest BCUT2D eigenvalue weighted by molar-refractivity contribution is 0.567. The van der Waals surface area contributed by atoms with Crippen LogP contribution in [0.4, 0.5) is 5.69 Å². The standard InChI is InChI=1S/C11H13N3.H2O/c1-14(2)6-5-9-7-11(13)4-3-10(9)8-12;/h3-7H,13H2,1-2H3;1H2/b6-5+;. The minimum atomic E-state index is 0. The second-order valence-corrected chi connectivity index (χ2v) is 3.24. The molecule has 4 nitrogen and oxygen atoms in total. The molecule has 0 saturated carbocycles. The molecule has 1 aromatic rings. The summed E-state index contributed by atoms with van der Waals surface area (Å²) in [5, 5.41) is 8.84. The summed E-state index contributed by atoms with van der Waals surface area (Å²) in [6.07, 6.45) is 3.75. The Morgan fingerprint density at radius 2 is 2.07 bits per heavy atom. The molecule has 4 N–H and O–H groups in total. The van der Waals surface area contributed by atoms with Gasteiger partial charge in [0.1, 0.15) is 0 Å². The third kappa shape index (κ3) is 3.71. The molecule has 80 valence electrons. The van der Waals surface area contributed by atoms with Crippen LogP contribution in [0.3, 0.4) is 0 Å². The van der Waals surface area contributed by atoms with E-state index in [2.05, 4.69) is 6.07 Å². The summed E-state index contributed by atoms with van der Waals surface area (Å²) in [5.74, 6) is 0. The van der Waals surface area contributed by atoms with Crippen molar-refractivity contribution in [3.8, 4) is 6.07 Å². The first-order valence-corrected chi connectivity index (χ1v) is 4.27. The molecule has 4 heteroatoms. The number of nitrogen functional groups attached to an aromatic ring is 1. The van der Waals surface area contributed by atoms with E-state index >= 15 is 0 Å². The highest BCUT2D eigenvalue weighted by Crippen LogP contribution is 2.14. The molecule has 0 aliphatic carbocycles. The van der Waals surface area contributed by atoms with Gasteiger partial charge in [0.05, 0.1) is 11.6 Å². The largest absolute Gasteiger partial charge is 0.412 e. The third-order valence-electron chi connectivity index (χ3n) is 1.75. The lowest BCUT2D eigenvalue weighted by Gasteiger charge is -2.04. The molecular formula is C11H15N3O. The molecule has 0 fully saturated rings. The van der Waals surface area contributed by atoms with E-state index in [1.54, 1.807) is 18.2 Å². The lowest BCUT2D eigenvalue weighted by Crippen LogP contribution is -2.00. The molecular weight excluding hydrogens is 190 g/mol. The van der Waals surface area contributed by atoms with Crippen molar-refractivity contribution in [3.05, 3.63) is 35.5 Å². The molecule has 0 aromatic heterocycles. The van der Waals surface area contributed by atoms with Gasteiger partial charge < -0.3 is 16.1 Å². The van der Waals surface area contributed by atoms with Crippen molar-refractivity contribution in [3.63, 3.8) is 0 Å². The molecule has 0 radical (unpaired) electrons. The van der Waals surface area contributed by atoms with Gasteiger partial charge in [0.25, 0.3) is 0 Å². The molecule has 0 atom stereocenters. The summed E-state index contributed by atoms with van der Waals surface area (Å²) in [6.45, 7) is 0. The highest BCUT2D eigenvalue weighted by atomic mass is 16.0. The van der Waals surface area contributed by atoms with Gasteiger partial charge in [-0.2, -0.15) is 5.26 Å². The maximum Gasteiger partial charge on any atom is 0.0997 e. The van der Waals surface area contributed by atoms with Crippen LogP contribution < -0.4 is 5.73 Å². The highest BCUT2D eigenvalue weighted by Gasteiger charge is 1.98. The average Bonchev–Trinajstić information content (AvgIpc) is 2.15. The van der Waals surface area contributed by atoms with Crippen LogP contribution in [0.25, 0.3) is 6.08 Å². The van der Waals surface area contributed by atoms with Gasteiger partial charge in [-0.3, -0.25) is 0 Å². The first-order chi connectivity index (χ1) is 6.63. The van der Waals surface area contributed by atoms with Crippen LogP contribution in [0, 0.1) is 11.3 Å². The van der Waals surface area contributed by atoms with E-state index < -0.39 is 0 Å². The van der Waals surface area contributed by atoms with Gasteiger partial charge in [-0.15, -0.1) is 0 Å². The summed E-state index contributed by atoms with van der Waals surface area (Å²) in [4.78, 5) is 1.91. The molecule has 0 bridgehead atoms. The van der Waals surface area contributed by atoms with Gasteiger partial charge in [0.15, 0.2) is 0 Å². The second-order valence-electron chi connectivity index (χ2n) is 3.24. The van der Waals surface area contributed by atoms with E-state index in [0.29, 0.717) is 11.3 Å². The highest BCUT2D eigenvalue weighted by molar-refractivity contribution is 5.62. The smallest absolute Gasteiger partial charge is 0.0997 e. The average molecular weight is 205 g/mol. The van der Waals surface area contributed by atoms with Crippen molar-refractivity contribution in [1.82, 2.24) is 4.90 Å². The Hall–Kier alpha value is -1.99. The number of nitrogens with zero attached hydrogens (tertiary/aromatic N) is 2. The summed E-state index contributed by atoms with van der Waals surface area (Å²) < 4.78 is 0. The Labute approximate surface area is 89.5 Å². The van der Waals surface area contributed by atoms with Crippen molar-refractivity contribution >= 4 is 11.8 Å². The zero-order chi connectivity index (χ0) is 10.6. The number of hydrogen-bond acceptors (Lipinski definition) is 3. The fraction of sp³-hybridized carbons (Fsp3) is 0.182. The summed E-state index contributed by atoms with van der Waals surface area (Å²) in [6, 6.07) is 7.37. The van der Waals surface area contributed by atoms with Crippen molar-refractivity contribution in [1.29, 1.82) is 5.26 Å². The Morgan fingerprint density at radius 1 is 1.40 bits per heavy atom. The fourth-order valence-electron chi connectivity index (χ4n) is 1.05. The molecule has 0 aliphatic heterocycles. The minimum Gasteiger partial charge on any atom is -0.412 e. The first kappa shape index (κ1) is 13.0. The van der Waals surface area contributed by atoms with Crippen LogP contribution in [0.1, 0.15) is 11.1 Å². The summed E-state index contributed by atoms with van der Waals surface area (Å²) in [7, 11) is 3.85. The van der Waals surface area contributed by atoms with E-state index in [1.165, 1.54) is 0 Å². The zero-order valence-corrected chi connectivity index (χ0v) is 8.86. The maximum absolute atomic E-state index is 8.84. The molecule has 0 spiro atoms. The SMILES string of the molecule is CN(C)/C=C/c1cc(N)ccc1C#N.O. The van der Waals surface area contributed by atoms with Gasteiger partial charge in [-0.25, -0.2) is 0 Å². The molecule has 1 aromatic carbocycles. The van der Waals surface area contributed by atoms with E-state index in [4.69, 9.17) is 11.0 Å². The van der Waals surface area contributed by atoms with Crippen LogP contribution in [0.2, 0.25) is 0 Å². The van der Waals surface area contributed by atoms with Crippen LogP contribution >= 0.6 is 0 Å². The normalized spacial score (nSPS) is 9.40. The van der Waals surface area contributed by atoms with Crippen LogP contribution in [0.15, 0.2) is 24.4 Å². The van der Waals surface area contributed by atoms with Gasteiger partial charge in [-0.1, -0.05) is 0 Å². The Balaban J connectivity index is 0.00000196. The molecule has 0 unspecified atom stereocenters. The van der Waals surface area contributed by atoms with Crippen molar-refractivity contribution < 1.29 is 5.48 Å². The molecule has 15 heavy (non-hydrogen) atoms. The fourth-order valence-corrected chi connectivity index (χ4v) is 1.05. The van der Waals surface area contributed by atoms with Crippen LogP contribution in [0.5, 0.6) is 0 Å². The molecule has 0 aliphatic rings. The van der Waals surface area contributed by atoms with E-state index in [9.17, 15) is 0 Å². The second kappa shape index (κ2) is 5.68. The van der Waals surface area contributed by atoms with Gasteiger partial charge in [0.2, 0.25) is 0 Å².